The van der Waals surface area contributed by atoms with Gasteiger partial charge in [0.2, 0.25) is 5.91 Å². The molecule has 0 aromatic heterocycles. The number of hydrogen-bond acceptors (Lipinski definition) is 6. The van der Waals surface area contributed by atoms with Crippen molar-refractivity contribution in [3.63, 3.8) is 0 Å². The van der Waals surface area contributed by atoms with Crippen LogP contribution in [-0.2, 0) is 28.6 Å². The van der Waals surface area contributed by atoms with Gasteiger partial charge in [0.15, 0.2) is 18.2 Å². The van der Waals surface area contributed by atoms with Crippen LogP contribution in [0.15, 0.2) is 34.9 Å². The number of carbonyl (C=O) groups is 3. The van der Waals surface area contributed by atoms with E-state index < -0.39 is 41.2 Å². The number of esters is 1. The summed E-state index contributed by atoms with van der Waals surface area (Å²) < 4.78 is 16.8. The molecule has 1 heterocycles. The smallest absolute Gasteiger partial charge is 0.303 e. The summed E-state index contributed by atoms with van der Waals surface area (Å²) in [6.07, 6.45) is 11.0. The molecule has 35 heavy (non-hydrogen) atoms. The minimum absolute atomic E-state index is 0.111. The number of hydrogen-bond donors (Lipinski definition) is 1. The first-order chi connectivity index (χ1) is 16.5. The molecule has 1 fully saturated rings. The maximum atomic E-state index is 12.7. The number of carbonyl (C=O) groups excluding carboxylic acids is 3. The molecule has 1 N–H and O–H groups in total. The third-order valence-corrected chi connectivity index (χ3v) is 6.94. The van der Waals surface area contributed by atoms with Gasteiger partial charge < -0.3 is 19.5 Å². The second-order valence-corrected chi connectivity index (χ2v) is 10.2. The third kappa shape index (κ3) is 8.17. The number of Topliss-reactive ketones (excluding diaryl/α,β-unsaturated/α-hetero) is 1. The molecule has 1 aliphatic heterocycles. The fraction of sp³-hybridized carbons (Fsp3) is 0.654. The zero-order chi connectivity index (χ0) is 26.2. The molecule has 1 aliphatic carbocycles. The first-order valence-electron chi connectivity index (χ1n) is 12.1. The van der Waals surface area contributed by atoms with Crippen LogP contribution in [0.5, 0.6) is 0 Å². The molecule has 6 atom stereocenters. The van der Waals surface area contributed by atoms with Gasteiger partial charge in [-0.2, -0.15) is 0 Å². The van der Waals surface area contributed by atoms with Crippen LogP contribution in [0.3, 0.4) is 0 Å². The second kappa shape index (κ2) is 13.6. The third-order valence-electron chi connectivity index (χ3n) is 6.22. The van der Waals surface area contributed by atoms with E-state index in [1.165, 1.54) is 51.9 Å². The van der Waals surface area contributed by atoms with Crippen LogP contribution >= 0.6 is 23.2 Å². The summed E-state index contributed by atoms with van der Waals surface area (Å²) in [6, 6.07) is -0.588. The summed E-state index contributed by atoms with van der Waals surface area (Å²) in [6.45, 7) is 7.56. The maximum absolute atomic E-state index is 12.7. The highest BCUT2D eigenvalue weighted by atomic mass is 35.5. The normalized spacial score (nSPS) is 30.0. The predicted octanol–water partition coefficient (Wildman–Crippen LogP) is 4.96. The van der Waals surface area contributed by atoms with Gasteiger partial charge in [0.25, 0.3) is 0 Å². The molecule has 0 aromatic rings. The molecule has 2 rings (SSSR count). The summed E-state index contributed by atoms with van der Waals surface area (Å²) in [5, 5.41) is 1.55. The number of ether oxygens (including phenoxy) is 3. The van der Waals surface area contributed by atoms with Crippen LogP contribution < -0.4 is 5.32 Å². The highest BCUT2D eigenvalue weighted by molar-refractivity contribution is 6.49. The topological polar surface area (TPSA) is 90.9 Å². The number of alkyl halides is 1. The molecule has 2 aliphatic rings. The standard InChI is InChI=1S/C26H37Cl2NO6/c1-6-7-8-9-10-16(2)13-17(3)11-12-21(31)29-20-15-26(35-25(20)33-5)14-19(27)23(32)22(28)24(26)34-18(4)30/h11-14,16,20,22,24-25H,6-10,15H2,1-5H3,(H,29,31)/b12-11+,17-13+/t16-,20+,22+,24-,25-,26+/m1/s1. The van der Waals surface area contributed by atoms with E-state index in [1.807, 2.05) is 6.92 Å². The van der Waals surface area contributed by atoms with Crippen molar-refractivity contribution in [3.8, 4) is 0 Å². The van der Waals surface area contributed by atoms with Gasteiger partial charge in [0, 0.05) is 26.5 Å². The van der Waals surface area contributed by atoms with Crippen molar-refractivity contribution in [1.82, 2.24) is 5.32 Å². The minimum atomic E-state index is -1.31. The van der Waals surface area contributed by atoms with Gasteiger partial charge in [0.1, 0.15) is 11.0 Å². The number of allylic oxidation sites excluding steroid dienone is 4. The molecule has 7 nitrogen and oxygen atoms in total. The van der Waals surface area contributed by atoms with Crippen LogP contribution in [0.1, 0.15) is 66.2 Å². The van der Waals surface area contributed by atoms with Gasteiger partial charge in [-0.15, -0.1) is 11.6 Å². The number of unbranched alkanes of at least 4 members (excludes halogenated alkanes) is 3. The molecular formula is C26H37Cl2NO6. The first-order valence-corrected chi connectivity index (χ1v) is 13.0. The van der Waals surface area contributed by atoms with Crippen LogP contribution in [0.25, 0.3) is 0 Å². The fourth-order valence-corrected chi connectivity index (χ4v) is 5.28. The summed E-state index contributed by atoms with van der Waals surface area (Å²) in [7, 11) is 1.44. The average Bonchev–Trinajstić information content (AvgIpc) is 3.14. The molecule has 1 saturated heterocycles. The number of methoxy groups -OCH3 is 1. The van der Waals surface area contributed by atoms with Gasteiger partial charge >= 0.3 is 5.97 Å². The maximum Gasteiger partial charge on any atom is 0.303 e. The number of nitrogens with one attached hydrogen (secondary N) is 1. The quantitative estimate of drug-likeness (QED) is 0.134. The van der Waals surface area contributed by atoms with Crippen molar-refractivity contribution in [2.75, 3.05) is 7.11 Å². The van der Waals surface area contributed by atoms with Crippen molar-refractivity contribution < 1.29 is 28.6 Å². The molecule has 0 bridgehead atoms. The number of rotatable bonds is 11. The molecule has 0 saturated carbocycles. The average molecular weight is 530 g/mol. The highest BCUT2D eigenvalue weighted by Gasteiger charge is 2.58. The van der Waals surface area contributed by atoms with Crippen molar-refractivity contribution in [2.24, 2.45) is 5.92 Å². The SMILES string of the molecule is CCCCCC[C@@H](C)/C=C(C)/C=C/C(=O)N[C@H]1C[C@]2(C=C(Cl)C(=O)[C@H](Cl)[C@H]2OC(C)=O)O[C@H]1OC. The summed E-state index contributed by atoms with van der Waals surface area (Å²) >= 11 is 12.4. The van der Waals surface area contributed by atoms with Gasteiger partial charge in [-0.25, -0.2) is 0 Å². The van der Waals surface area contributed by atoms with Crippen molar-refractivity contribution in [2.45, 2.75) is 95.6 Å². The second-order valence-electron chi connectivity index (χ2n) is 9.36. The number of amides is 1. The molecule has 1 amide bonds. The lowest BCUT2D eigenvalue weighted by Crippen LogP contribution is -2.54. The van der Waals surface area contributed by atoms with E-state index in [2.05, 4.69) is 25.2 Å². The van der Waals surface area contributed by atoms with Gasteiger partial charge in [-0.05, 0) is 25.3 Å². The lowest BCUT2D eigenvalue weighted by Gasteiger charge is -2.38. The largest absolute Gasteiger partial charge is 0.457 e. The number of halogens is 2. The Morgan fingerprint density at radius 3 is 2.63 bits per heavy atom. The fourth-order valence-electron chi connectivity index (χ4n) is 4.54. The molecule has 1 spiro atoms. The molecule has 0 unspecified atom stereocenters. The van der Waals surface area contributed by atoms with E-state index >= 15 is 0 Å². The van der Waals surface area contributed by atoms with Gasteiger partial charge in [-0.1, -0.05) is 68.9 Å². The van der Waals surface area contributed by atoms with Crippen LogP contribution in [0.2, 0.25) is 0 Å². The van der Waals surface area contributed by atoms with E-state index in [4.69, 9.17) is 37.4 Å². The molecular weight excluding hydrogens is 493 g/mol. The highest BCUT2D eigenvalue weighted by Crippen LogP contribution is 2.43. The minimum Gasteiger partial charge on any atom is -0.457 e. The predicted molar refractivity (Wildman–Crippen MR) is 136 cm³/mol. The Labute approximate surface area is 218 Å². The van der Waals surface area contributed by atoms with E-state index in [0.29, 0.717) is 5.92 Å². The van der Waals surface area contributed by atoms with Gasteiger partial charge in [0.05, 0.1) is 11.1 Å². The van der Waals surface area contributed by atoms with Crippen molar-refractivity contribution >= 4 is 40.9 Å². The van der Waals surface area contributed by atoms with Crippen LogP contribution in [0, 0.1) is 5.92 Å². The number of ketones is 1. The summed E-state index contributed by atoms with van der Waals surface area (Å²) in [4.78, 5) is 36.6. The van der Waals surface area contributed by atoms with Crippen LogP contribution in [0.4, 0.5) is 0 Å². The lowest BCUT2D eigenvalue weighted by atomic mass is 9.83. The van der Waals surface area contributed by atoms with Gasteiger partial charge in [-0.3, -0.25) is 14.4 Å². The molecule has 9 heteroatoms. The Morgan fingerprint density at radius 1 is 1.29 bits per heavy atom. The Kier molecular flexibility index (Phi) is 11.5. The molecule has 0 radical (unpaired) electrons. The van der Waals surface area contributed by atoms with E-state index in [1.54, 1.807) is 6.08 Å². The van der Waals surface area contributed by atoms with Crippen LogP contribution in [-0.4, -0.2) is 54.2 Å². The Morgan fingerprint density at radius 2 is 2.00 bits per heavy atom. The molecule has 196 valence electrons. The van der Waals surface area contributed by atoms with E-state index in [-0.39, 0.29) is 17.4 Å². The lowest BCUT2D eigenvalue weighted by molar-refractivity contribution is -0.191. The Hall–Kier alpha value is -1.67. The monoisotopic (exact) mass is 529 g/mol. The van der Waals surface area contributed by atoms with E-state index in [9.17, 15) is 14.4 Å². The van der Waals surface area contributed by atoms with E-state index in [0.717, 1.165) is 12.0 Å². The zero-order valence-electron chi connectivity index (χ0n) is 21.1. The first kappa shape index (κ1) is 29.6. The Balaban J connectivity index is 2.07. The Bertz CT molecular complexity index is 870. The zero-order valence-corrected chi connectivity index (χ0v) is 22.7. The van der Waals surface area contributed by atoms with Crippen molar-refractivity contribution in [3.05, 3.63) is 34.9 Å². The summed E-state index contributed by atoms with van der Waals surface area (Å²) in [5.41, 5.74) is -0.306. The molecule has 0 aromatic carbocycles. The van der Waals surface area contributed by atoms with Crippen molar-refractivity contribution in [1.29, 1.82) is 0 Å². The summed E-state index contributed by atoms with van der Waals surface area (Å²) in [5.74, 6) is -1.06.